The average Bonchev–Trinajstić information content (AvgIpc) is 2.76. The van der Waals surface area contributed by atoms with Gasteiger partial charge in [0.05, 0.1) is 0 Å². The van der Waals surface area contributed by atoms with Gasteiger partial charge in [-0.25, -0.2) is 0 Å². The van der Waals surface area contributed by atoms with Gasteiger partial charge in [0.1, 0.15) is 6.29 Å². The van der Waals surface area contributed by atoms with E-state index in [1.807, 2.05) is 0 Å². The van der Waals surface area contributed by atoms with Crippen LogP contribution in [0, 0.1) is 17.3 Å². The van der Waals surface area contributed by atoms with Crippen LogP contribution >= 0.6 is 0 Å². The number of carbonyl (C=O) groups is 1. The molecule has 0 aliphatic heterocycles. The molecule has 0 spiro atoms. The minimum absolute atomic E-state index is 0.416. The van der Waals surface area contributed by atoms with Crippen LogP contribution in [0.15, 0.2) is 23.3 Å². The SMILES string of the molecule is C/C1=C/CC/C(C=O)=C\[C@@H]2[C@H](CC1)C2(C)C. The van der Waals surface area contributed by atoms with Gasteiger partial charge >= 0.3 is 0 Å². The maximum atomic E-state index is 11.0. The maximum Gasteiger partial charge on any atom is 0.145 e. The minimum atomic E-state index is 0.416. The molecule has 16 heavy (non-hydrogen) atoms. The van der Waals surface area contributed by atoms with E-state index in [1.165, 1.54) is 18.4 Å². The Bertz CT molecular complexity index is 346. The van der Waals surface area contributed by atoms with Gasteiger partial charge in [-0.15, -0.1) is 0 Å². The molecule has 0 bridgehead atoms. The highest BCUT2D eigenvalue weighted by molar-refractivity contribution is 5.73. The topological polar surface area (TPSA) is 17.1 Å². The van der Waals surface area contributed by atoms with Crippen molar-refractivity contribution < 1.29 is 4.79 Å². The summed E-state index contributed by atoms with van der Waals surface area (Å²) in [4.78, 5) is 11.0. The fourth-order valence-corrected chi connectivity index (χ4v) is 3.05. The van der Waals surface area contributed by atoms with E-state index in [9.17, 15) is 4.79 Å². The van der Waals surface area contributed by atoms with E-state index in [0.717, 1.165) is 30.6 Å². The quantitative estimate of drug-likeness (QED) is 0.482. The first-order valence-corrected chi connectivity index (χ1v) is 6.37. The predicted octanol–water partition coefficient (Wildman–Crippen LogP) is 3.90. The van der Waals surface area contributed by atoms with E-state index in [2.05, 4.69) is 32.9 Å². The standard InChI is InChI=1S/C15H22O/c1-11-5-4-6-12(10-16)9-14-13(8-7-11)15(14,2)3/h5,9-10,13-14H,4,6-8H2,1-3H3/b11-5-,12-9+/t13-,14+/m0/s1. The van der Waals surface area contributed by atoms with Crippen molar-refractivity contribution in [2.45, 2.75) is 46.5 Å². The largest absolute Gasteiger partial charge is 0.298 e. The molecule has 2 aliphatic carbocycles. The number of carbonyl (C=O) groups excluding carboxylic acids is 1. The van der Waals surface area contributed by atoms with Crippen molar-refractivity contribution in [3.05, 3.63) is 23.3 Å². The van der Waals surface area contributed by atoms with Crippen LogP contribution in [-0.2, 0) is 4.79 Å². The molecule has 0 amide bonds. The highest BCUT2D eigenvalue weighted by atomic mass is 16.1. The number of fused-ring (bicyclic) bond motifs is 1. The van der Waals surface area contributed by atoms with Crippen molar-refractivity contribution in [2.24, 2.45) is 17.3 Å². The lowest BCUT2D eigenvalue weighted by Gasteiger charge is -2.04. The smallest absolute Gasteiger partial charge is 0.145 e. The number of aldehydes is 1. The lowest BCUT2D eigenvalue weighted by Crippen LogP contribution is -1.91. The highest BCUT2D eigenvalue weighted by Gasteiger charge is 2.55. The Hall–Kier alpha value is -0.850. The second-order valence-corrected chi connectivity index (χ2v) is 5.94. The Labute approximate surface area is 98.6 Å². The Kier molecular flexibility index (Phi) is 3.05. The zero-order valence-corrected chi connectivity index (χ0v) is 10.6. The molecule has 0 N–H and O–H groups in total. The summed E-state index contributed by atoms with van der Waals surface area (Å²) in [6, 6.07) is 0. The van der Waals surface area contributed by atoms with Crippen molar-refractivity contribution >= 4 is 6.29 Å². The van der Waals surface area contributed by atoms with Gasteiger partial charge in [0.15, 0.2) is 0 Å². The van der Waals surface area contributed by atoms with Crippen molar-refractivity contribution in [1.29, 1.82) is 0 Å². The summed E-state index contributed by atoms with van der Waals surface area (Å²) in [6.07, 6.45) is 10.0. The molecule has 0 unspecified atom stereocenters. The van der Waals surface area contributed by atoms with Crippen LogP contribution in [0.4, 0.5) is 0 Å². The molecule has 2 aliphatic rings. The maximum absolute atomic E-state index is 11.0. The third kappa shape index (κ3) is 2.14. The summed E-state index contributed by atoms with van der Waals surface area (Å²) in [5.41, 5.74) is 2.92. The van der Waals surface area contributed by atoms with Crippen LogP contribution in [0.2, 0.25) is 0 Å². The molecular formula is C15H22O. The van der Waals surface area contributed by atoms with Gasteiger partial charge in [-0.05, 0) is 55.4 Å². The fourth-order valence-electron chi connectivity index (χ4n) is 3.05. The fraction of sp³-hybridized carbons (Fsp3) is 0.667. The summed E-state index contributed by atoms with van der Waals surface area (Å²) < 4.78 is 0. The molecule has 1 fully saturated rings. The summed E-state index contributed by atoms with van der Waals surface area (Å²) in [7, 11) is 0. The second-order valence-electron chi connectivity index (χ2n) is 5.94. The lowest BCUT2D eigenvalue weighted by atomic mass is 10.0. The molecule has 2 atom stereocenters. The molecule has 1 saturated carbocycles. The normalized spacial score (nSPS) is 39.7. The van der Waals surface area contributed by atoms with Gasteiger partial charge in [-0.1, -0.05) is 31.6 Å². The zero-order chi connectivity index (χ0) is 11.8. The Morgan fingerprint density at radius 2 is 2.12 bits per heavy atom. The van der Waals surface area contributed by atoms with Crippen molar-refractivity contribution in [2.75, 3.05) is 0 Å². The molecule has 0 radical (unpaired) electrons. The summed E-state index contributed by atoms with van der Waals surface area (Å²) >= 11 is 0. The molecule has 1 heteroatoms. The van der Waals surface area contributed by atoms with Gasteiger partial charge in [0.25, 0.3) is 0 Å². The highest BCUT2D eigenvalue weighted by Crippen LogP contribution is 2.61. The Balaban J connectivity index is 2.18. The number of rotatable bonds is 1. The van der Waals surface area contributed by atoms with Crippen molar-refractivity contribution in [3.8, 4) is 0 Å². The monoisotopic (exact) mass is 218 g/mol. The molecule has 88 valence electrons. The molecule has 0 aromatic rings. The van der Waals surface area contributed by atoms with E-state index in [1.54, 1.807) is 0 Å². The minimum Gasteiger partial charge on any atom is -0.298 e. The van der Waals surface area contributed by atoms with E-state index in [-0.39, 0.29) is 0 Å². The third-order valence-electron chi connectivity index (χ3n) is 4.46. The third-order valence-corrected chi connectivity index (χ3v) is 4.46. The molecule has 0 heterocycles. The Morgan fingerprint density at radius 1 is 1.38 bits per heavy atom. The first-order valence-electron chi connectivity index (χ1n) is 6.37. The van der Waals surface area contributed by atoms with Crippen molar-refractivity contribution in [3.63, 3.8) is 0 Å². The van der Waals surface area contributed by atoms with Crippen LogP contribution in [0.1, 0.15) is 46.5 Å². The van der Waals surface area contributed by atoms with Crippen LogP contribution in [0.25, 0.3) is 0 Å². The number of allylic oxidation sites excluding steroid dienone is 4. The van der Waals surface area contributed by atoms with Gasteiger partial charge in [0.2, 0.25) is 0 Å². The molecular weight excluding hydrogens is 196 g/mol. The van der Waals surface area contributed by atoms with Gasteiger partial charge in [0, 0.05) is 0 Å². The lowest BCUT2D eigenvalue weighted by molar-refractivity contribution is -0.105. The summed E-state index contributed by atoms with van der Waals surface area (Å²) in [5.74, 6) is 1.42. The molecule has 0 saturated heterocycles. The van der Waals surface area contributed by atoms with E-state index in [4.69, 9.17) is 0 Å². The Morgan fingerprint density at radius 3 is 2.81 bits per heavy atom. The van der Waals surface area contributed by atoms with Crippen LogP contribution < -0.4 is 0 Å². The van der Waals surface area contributed by atoms with Crippen molar-refractivity contribution in [1.82, 2.24) is 0 Å². The van der Waals surface area contributed by atoms with E-state index in [0.29, 0.717) is 11.3 Å². The van der Waals surface area contributed by atoms with Crippen LogP contribution in [0.3, 0.4) is 0 Å². The first kappa shape index (κ1) is 11.6. The van der Waals surface area contributed by atoms with Crippen LogP contribution in [-0.4, -0.2) is 6.29 Å². The number of hydrogen-bond acceptors (Lipinski definition) is 1. The zero-order valence-electron chi connectivity index (χ0n) is 10.6. The molecule has 0 aromatic heterocycles. The summed E-state index contributed by atoms with van der Waals surface area (Å²) in [6.45, 7) is 6.88. The van der Waals surface area contributed by atoms with Gasteiger partial charge in [-0.2, -0.15) is 0 Å². The molecule has 2 rings (SSSR count). The first-order chi connectivity index (χ1) is 7.55. The van der Waals surface area contributed by atoms with Crippen LogP contribution in [0.5, 0.6) is 0 Å². The molecule has 1 nitrogen and oxygen atoms in total. The van der Waals surface area contributed by atoms with Gasteiger partial charge in [-0.3, -0.25) is 4.79 Å². The number of hydrogen-bond donors (Lipinski definition) is 0. The molecule has 0 aromatic carbocycles. The second kappa shape index (κ2) is 4.20. The average molecular weight is 218 g/mol. The van der Waals surface area contributed by atoms with Gasteiger partial charge < -0.3 is 0 Å². The summed E-state index contributed by atoms with van der Waals surface area (Å²) in [5, 5.41) is 0. The van der Waals surface area contributed by atoms with E-state index < -0.39 is 0 Å². The predicted molar refractivity (Wildman–Crippen MR) is 67.1 cm³/mol. The van der Waals surface area contributed by atoms with E-state index >= 15 is 0 Å².